The maximum Gasteiger partial charge on any atom is 0.272 e. The van der Waals surface area contributed by atoms with Crippen molar-refractivity contribution in [1.29, 1.82) is 0 Å². The highest BCUT2D eigenvalue weighted by Crippen LogP contribution is 2.17. The molecule has 0 aliphatic heterocycles. The quantitative estimate of drug-likeness (QED) is 0.712. The van der Waals surface area contributed by atoms with Gasteiger partial charge in [0, 0.05) is 11.9 Å². The zero-order valence-corrected chi connectivity index (χ0v) is 14.9. The number of benzene rings is 2. The van der Waals surface area contributed by atoms with E-state index in [4.69, 9.17) is 0 Å². The molecular formula is C20H22N4O2. The first-order chi connectivity index (χ1) is 12.6. The second-order valence-electron chi connectivity index (χ2n) is 6.42. The zero-order valence-electron chi connectivity index (χ0n) is 14.9. The average Bonchev–Trinajstić information content (AvgIpc) is 2.65. The Morgan fingerprint density at radius 2 is 1.73 bits per heavy atom. The number of aromatic nitrogens is 2. The van der Waals surface area contributed by atoms with Gasteiger partial charge in [-0.1, -0.05) is 48.5 Å². The standard InChI is InChI=1S/C20H22N4O2/c1-24(2)18(14-8-4-3-5-9-14)13-21-19(25)12-17-15-10-6-7-11-16(15)20(26)23-22-17/h3-11,18H,12-13H2,1-2H3,(H,21,25)(H,23,26). The van der Waals surface area contributed by atoms with Crippen LogP contribution in [0.5, 0.6) is 0 Å². The Bertz CT molecular complexity index is 951. The number of hydrogen-bond donors (Lipinski definition) is 2. The smallest absolute Gasteiger partial charge is 0.272 e. The van der Waals surface area contributed by atoms with Crippen LogP contribution in [0.25, 0.3) is 10.8 Å². The maximum atomic E-state index is 12.4. The Morgan fingerprint density at radius 1 is 1.08 bits per heavy atom. The lowest BCUT2D eigenvalue weighted by molar-refractivity contribution is -0.120. The lowest BCUT2D eigenvalue weighted by Crippen LogP contribution is -2.35. The van der Waals surface area contributed by atoms with E-state index in [0.29, 0.717) is 23.0 Å². The molecule has 0 saturated carbocycles. The van der Waals surface area contributed by atoms with Crippen molar-refractivity contribution >= 4 is 16.7 Å². The SMILES string of the molecule is CN(C)C(CNC(=O)Cc1n[nH]c(=O)c2ccccc12)c1ccccc1. The molecule has 6 nitrogen and oxygen atoms in total. The van der Waals surface area contributed by atoms with E-state index in [1.165, 1.54) is 0 Å². The number of H-pyrrole nitrogens is 1. The van der Waals surface area contributed by atoms with Gasteiger partial charge in [-0.25, -0.2) is 5.10 Å². The molecule has 2 N–H and O–H groups in total. The van der Waals surface area contributed by atoms with E-state index < -0.39 is 0 Å². The van der Waals surface area contributed by atoms with E-state index in [1.54, 1.807) is 12.1 Å². The van der Waals surface area contributed by atoms with Crippen molar-refractivity contribution in [3.63, 3.8) is 0 Å². The molecule has 0 radical (unpaired) electrons. The van der Waals surface area contributed by atoms with Crippen LogP contribution in [0.1, 0.15) is 17.3 Å². The van der Waals surface area contributed by atoms with Crippen LogP contribution in [0.2, 0.25) is 0 Å². The van der Waals surface area contributed by atoms with E-state index in [1.807, 2.05) is 56.6 Å². The molecule has 1 heterocycles. The van der Waals surface area contributed by atoms with Crippen molar-refractivity contribution in [2.75, 3.05) is 20.6 Å². The summed E-state index contributed by atoms with van der Waals surface area (Å²) in [6.45, 7) is 0.497. The second kappa shape index (κ2) is 7.93. The normalized spacial score (nSPS) is 12.3. The van der Waals surface area contributed by atoms with Crippen LogP contribution in [0.15, 0.2) is 59.4 Å². The predicted molar refractivity (Wildman–Crippen MR) is 102 cm³/mol. The molecule has 0 fully saturated rings. The largest absolute Gasteiger partial charge is 0.354 e. The molecular weight excluding hydrogens is 328 g/mol. The molecule has 26 heavy (non-hydrogen) atoms. The van der Waals surface area contributed by atoms with Gasteiger partial charge >= 0.3 is 0 Å². The molecule has 1 aromatic heterocycles. The predicted octanol–water partition coefficient (Wildman–Crippen LogP) is 1.88. The number of aromatic amines is 1. The van der Waals surface area contributed by atoms with Crippen LogP contribution >= 0.6 is 0 Å². The van der Waals surface area contributed by atoms with Crippen LogP contribution in [0.4, 0.5) is 0 Å². The topological polar surface area (TPSA) is 78.1 Å². The van der Waals surface area contributed by atoms with Crippen LogP contribution < -0.4 is 10.9 Å². The van der Waals surface area contributed by atoms with E-state index in [0.717, 1.165) is 5.56 Å². The van der Waals surface area contributed by atoms with Crippen molar-refractivity contribution in [2.45, 2.75) is 12.5 Å². The summed E-state index contributed by atoms with van der Waals surface area (Å²) in [6.07, 6.45) is 0.117. The summed E-state index contributed by atoms with van der Waals surface area (Å²) in [5, 5.41) is 10.7. The molecule has 0 saturated heterocycles. The van der Waals surface area contributed by atoms with Gasteiger partial charge in [0.2, 0.25) is 5.91 Å². The third kappa shape index (κ3) is 3.97. The lowest BCUT2D eigenvalue weighted by Gasteiger charge is -2.25. The molecule has 3 aromatic rings. The molecule has 2 aromatic carbocycles. The van der Waals surface area contributed by atoms with Gasteiger partial charge in [-0.05, 0) is 25.7 Å². The van der Waals surface area contributed by atoms with E-state index in [-0.39, 0.29) is 23.9 Å². The fraction of sp³-hybridized carbons (Fsp3) is 0.250. The molecule has 6 heteroatoms. The van der Waals surface area contributed by atoms with E-state index in [2.05, 4.69) is 20.4 Å². The van der Waals surface area contributed by atoms with Gasteiger partial charge in [0.15, 0.2) is 0 Å². The fourth-order valence-corrected chi connectivity index (χ4v) is 3.01. The van der Waals surface area contributed by atoms with Crippen LogP contribution in [0, 0.1) is 0 Å². The Hall–Kier alpha value is -2.99. The number of nitrogens with zero attached hydrogens (tertiary/aromatic N) is 2. The van der Waals surface area contributed by atoms with Gasteiger partial charge in [-0.3, -0.25) is 9.59 Å². The van der Waals surface area contributed by atoms with Crippen LogP contribution in [-0.2, 0) is 11.2 Å². The molecule has 3 rings (SSSR count). The minimum Gasteiger partial charge on any atom is -0.354 e. The summed E-state index contributed by atoms with van der Waals surface area (Å²) in [5.74, 6) is -0.127. The Labute approximate surface area is 151 Å². The third-order valence-electron chi connectivity index (χ3n) is 4.40. The van der Waals surface area contributed by atoms with E-state index in [9.17, 15) is 9.59 Å². The van der Waals surface area contributed by atoms with Crippen molar-refractivity contribution < 1.29 is 4.79 Å². The molecule has 0 aliphatic carbocycles. The number of nitrogens with one attached hydrogen (secondary N) is 2. The molecule has 134 valence electrons. The van der Waals surface area contributed by atoms with Gasteiger partial charge in [0.05, 0.1) is 23.5 Å². The van der Waals surface area contributed by atoms with Crippen molar-refractivity contribution in [3.8, 4) is 0 Å². The van der Waals surface area contributed by atoms with Crippen molar-refractivity contribution in [1.82, 2.24) is 20.4 Å². The number of rotatable bonds is 6. The highest BCUT2D eigenvalue weighted by molar-refractivity contribution is 5.88. The number of amides is 1. The molecule has 1 unspecified atom stereocenters. The molecule has 1 amide bonds. The highest BCUT2D eigenvalue weighted by atomic mass is 16.1. The highest BCUT2D eigenvalue weighted by Gasteiger charge is 2.16. The maximum absolute atomic E-state index is 12.4. The zero-order chi connectivity index (χ0) is 18.5. The average molecular weight is 350 g/mol. The summed E-state index contributed by atoms with van der Waals surface area (Å²) in [4.78, 5) is 26.3. The van der Waals surface area contributed by atoms with Gasteiger partial charge in [0.25, 0.3) is 5.56 Å². The summed E-state index contributed by atoms with van der Waals surface area (Å²) in [5.41, 5.74) is 1.46. The van der Waals surface area contributed by atoms with E-state index >= 15 is 0 Å². The van der Waals surface area contributed by atoms with Crippen LogP contribution in [0.3, 0.4) is 0 Å². The number of hydrogen-bond acceptors (Lipinski definition) is 4. The summed E-state index contributed by atoms with van der Waals surface area (Å²) in [7, 11) is 3.97. The molecule has 0 spiro atoms. The fourth-order valence-electron chi connectivity index (χ4n) is 3.01. The minimum absolute atomic E-state index is 0.0837. The molecule has 0 aliphatic rings. The Morgan fingerprint density at radius 3 is 2.42 bits per heavy atom. The summed E-state index contributed by atoms with van der Waals surface area (Å²) in [6, 6.07) is 17.3. The minimum atomic E-state index is -0.249. The van der Waals surface area contributed by atoms with Crippen LogP contribution in [-0.4, -0.2) is 41.6 Å². The first-order valence-electron chi connectivity index (χ1n) is 8.50. The lowest BCUT2D eigenvalue weighted by atomic mass is 10.1. The first-order valence-corrected chi connectivity index (χ1v) is 8.50. The number of fused-ring (bicyclic) bond motifs is 1. The first kappa shape index (κ1) is 17.8. The van der Waals surface area contributed by atoms with Gasteiger partial charge in [-0.2, -0.15) is 5.10 Å². The van der Waals surface area contributed by atoms with Gasteiger partial charge in [0.1, 0.15) is 0 Å². The van der Waals surface area contributed by atoms with Crippen molar-refractivity contribution in [2.24, 2.45) is 0 Å². The Kier molecular flexibility index (Phi) is 5.43. The van der Waals surface area contributed by atoms with Gasteiger partial charge in [-0.15, -0.1) is 0 Å². The number of likely N-dealkylation sites (N-methyl/N-ethyl adjacent to an activating group) is 1. The van der Waals surface area contributed by atoms with Crippen molar-refractivity contribution in [3.05, 3.63) is 76.2 Å². The molecule has 0 bridgehead atoms. The third-order valence-corrected chi connectivity index (χ3v) is 4.40. The second-order valence-corrected chi connectivity index (χ2v) is 6.42. The summed E-state index contributed by atoms with van der Waals surface area (Å²) < 4.78 is 0. The molecule has 1 atom stereocenters. The number of carbonyl (C=O) groups is 1. The number of carbonyl (C=O) groups excluding carboxylic acids is 1. The Balaban J connectivity index is 1.71. The summed E-state index contributed by atoms with van der Waals surface area (Å²) >= 11 is 0. The monoisotopic (exact) mass is 350 g/mol. The van der Waals surface area contributed by atoms with Gasteiger partial charge < -0.3 is 10.2 Å².